The first-order chi connectivity index (χ1) is 23.5. The van der Waals surface area contributed by atoms with Crippen LogP contribution in [-0.2, 0) is 38.1 Å². The zero-order valence-electron chi connectivity index (χ0n) is 30.8. The average molecular weight is 697 g/mol. The van der Waals surface area contributed by atoms with E-state index in [2.05, 4.69) is 47.4 Å². The number of allylic oxidation sites excluding steroid dienone is 2. The Morgan fingerprint density at radius 2 is 1.78 bits per heavy atom. The van der Waals surface area contributed by atoms with Crippen LogP contribution in [0.3, 0.4) is 0 Å². The Hall–Kier alpha value is -2.45. The smallest absolute Gasteiger partial charge is 0.244 e. The number of unbranched alkanes of at least 4 members (excludes halogenated alkanes) is 2. The molecule has 3 saturated heterocycles. The van der Waals surface area contributed by atoms with Crippen molar-refractivity contribution in [2.75, 3.05) is 33.5 Å². The third kappa shape index (κ3) is 19.5. The van der Waals surface area contributed by atoms with Gasteiger partial charge in [-0.15, -0.1) is 0 Å². The lowest BCUT2D eigenvalue weighted by Gasteiger charge is -2.39. The van der Waals surface area contributed by atoms with Gasteiger partial charge in [0, 0.05) is 52.2 Å². The summed E-state index contributed by atoms with van der Waals surface area (Å²) in [5.74, 6) is 0.168. The third-order valence-electron chi connectivity index (χ3n) is 8.60. The van der Waals surface area contributed by atoms with Crippen LogP contribution in [0.5, 0.6) is 0 Å². The van der Waals surface area contributed by atoms with Crippen LogP contribution in [0.4, 0.5) is 0 Å². The molecule has 282 valence electrons. The second kappa shape index (κ2) is 25.5. The number of hydrogen-bond donors (Lipinski definition) is 4. The van der Waals surface area contributed by atoms with E-state index < -0.39 is 6.29 Å². The highest BCUT2D eigenvalue weighted by atomic mass is 16.6. The molecule has 3 heterocycles. The SMILES string of the molecule is CC(/C=C/C1CC2(CO2)C[C@@H](CC=O)O1)=C\CC1OC(C)C(NC(=O)/C=C\C(C)OCCCCCNC=O)CC1C.CCOC(C)O.CO. The zero-order valence-corrected chi connectivity index (χ0v) is 30.8. The molecule has 3 aliphatic heterocycles. The Balaban J connectivity index is 0.00000135. The van der Waals surface area contributed by atoms with Crippen LogP contribution in [0.1, 0.15) is 92.9 Å². The molecule has 12 nitrogen and oxygen atoms in total. The van der Waals surface area contributed by atoms with Crippen molar-refractivity contribution in [1.29, 1.82) is 0 Å². The maximum absolute atomic E-state index is 12.5. The fourth-order valence-corrected chi connectivity index (χ4v) is 5.83. The number of nitrogens with one attached hydrogen (secondary N) is 2. The van der Waals surface area contributed by atoms with Crippen molar-refractivity contribution in [2.45, 2.75) is 141 Å². The summed E-state index contributed by atoms with van der Waals surface area (Å²) < 4.78 is 28.4. The minimum absolute atomic E-state index is 0.0416. The molecule has 2 amide bonds. The molecular formula is C37H64N2O10. The van der Waals surface area contributed by atoms with Gasteiger partial charge in [0.25, 0.3) is 0 Å². The second-order valence-electron chi connectivity index (χ2n) is 13.0. The number of epoxide rings is 1. The molecule has 8 unspecified atom stereocenters. The first-order valence-electron chi connectivity index (χ1n) is 17.8. The Labute approximate surface area is 294 Å². The largest absolute Gasteiger partial charge is 0.400 e. The van der Waals surface area contributed by atoms with Gasteiger partial charge in [0.15, 0.2) is 6.29 Å². The molecule has 0 aliphatic carbocycles. The molecule has 9 atom stereocenters. The van der Waals surface area contributed by atoms with E-state index in [4.69, 9.17) is 29.2 Å². The normalized spacial score (nSPS) is 29.3. The lowest BCUT2D eigenvalue weighted by Crippen LogP contribution is -2.50. The summed E-state index contributed by atoms with van der Waals surface area (Å²) in [7, 11) is 1.00. The fourth-order valence-electron chi connectivity index (χ4n) is 5.83. The van der Waals surface area contributed by atoms with Gasteiger partial charge in [0.2, 0.25) is 12.3 Å². The zero-order chi connectivity index (χ0) is 36.7. The van der Waals surface area contributed by atoms with E-state index in [9.17, 15) is 14.4 Å². The van der Waals surface area contributed by atoms with Crippen molar-refractivity contribution < 1.29 is 48.3 Å². The Morgan fingerprint density at radius 1 is 1.04 bits per heavy atom. The molecule has 3 aliphatic rings. The van der Waals surface area contributed by atoms with Crippen LogP contribution in [0.2, 0.25) is 0 Å². The maximum atomic E-state index is 12.5. The minimum atomic E-state index is -0.602. The van der Waals surface area contributed by atoms with Gasteiger partial charge in [-0.2, -0.15) is 0 Å². The molecule has 0 saturated carbocycles. The van der Waals surface area contributed by atoms with Crippen molar-refractivity contribution in [1.82, 2.24) is 10.6 Å². The van der Waals surface area contributed by atoms with Crippen molar-refractivity contribution in [3.63, 3.8) is 0 Å². The fraction of sp³-hybridized carbons (Fsp3) is 0.757. The number of rotatable bonds is 19. The monoisotopic (exact) mass is 696 g/mol. The van der Waals surface area contributed by atoms with Crippen LogP contribution < -0.4 is 10.6 Å². The van der Waals surface area contributed by atoms with Gasteiger partial charge in [0.1, 0.15) is 6.29 Å². The van der Waals surface area contributed by atoms with Crippen molar-refractivity contribution in [3.8, 4) is 0 Å². The van der Waals surface area contributed by atoms with Crippen LogP contribution in [0, 0.1) is 5.92 Å². The molecule has 1 spiro atoms. The molecule has 3 rings (SSSR count). The summed E-state index contributed by atoms with van der Waals surface area (Å²) >= 11 is 0. The van der Waals surface area contributed by atoms with E-state index in [1.807, 2.05) is 20.8 Å². The van der Waals surface area contributed by atoms with Crippen LogP contribution in [0.15, 0.2) is 36.0 Å². The van der Waals surface area contributed by atoms with Crippen LogP contribution in [-0.4, -0.2) is 111 Å². The number of carbonyl (C=O) groups is 3. The molecule has 49 heavy (non-hydrogen) atoms. The molecule has 0 radical (unpaired) electrons. The summed E-state index contributed by atoms with van der Waals surface area (Å²) in [6, 6.07) is -0.0423. The summed E-state index contributed by atoms with van der Waals surface area (Å²) in [6.45, 7) is 14.3. The number of aliphatic hydroxyl groups is 2. The molecule has 4 N–H and O–H groups in total. The molecular weight excluding hydrogens is 632 g/mol. The number of amides is 2. The minimum Gasteiger partial charge on any atom is -0.400 e. The Kier molecular flexibility index (Phi) is 23.2. The van der Waals surface area contributed by atoms with Gasteiger partial charge >= 0.3 is 0 Å². The van der Waals surface area contributed by atoms with E-state index in [0.29, 0.717) is 38.5 Å². The predicted octanol–water partition coefficient (Wildman–Crippen LogP) is 3.93. The topological polar surface area (TPSA) is 165 Å². The summed E-state index contributed by atoms with van der Waals surface area (Å²) in [4.78, 5) is 33.7. The van der Waals surface area contributed by atoms with Gasteiger partial charge < -0.3 is 49.3 Å². The highest BCUT2D eigenvalue weighted by molar-refractivity contribution is 5.87. The lowest BCUT2D eigenvalue weighted by atomic mass is 9.88. The Bertz CT molecular complexity index is 1010. The average Bonchev–Trinajstić information content (AvgIpc) is 3.81. The number of ether oxygens (including phenoxy) is 5. The third-order valence-corrected chi connectivity index (χ3v) is 8.60. The molecule has 0 aromatic heterocycles. The van der Waals surface area contributed by atoms with Crippen LogP contribution >= 0.6 is 0 Å². The van der Waals surface area contributed by atoms with Gasteiger partial charge in [0.05, 0.1) is 48.8 Å². The lowest BCUT2D eigenvalue weighted by molar-refractivity contribution is -0.123. The van der Waals surface area contributed by atoms with E-state index in [-0.39, 0.29) is 48.1 Å². The molecule has 3 fully saturated rings. The maximum Gasteiger partial charge on any atom is 0.244 e. The number of carbonyl (C=O) groups excluding carboxylic acids is 3. The van der Waals surface area contributed by atoms with Gasteiger partial charge in [-0.05, 0) is 72.6 Å². The van der Waals surface area contributed by atoms with Gasteiger partial charge in [-0.25, -0.2) is 0 Å². The molecule has 0 aromatic rings. The summed E-state index contributed by atoms with van der Waals surface area (Å²) in [5, 5.41) is 21.1. The molecule has 0 bridgehead atoms. The Morgan fingerprint density at radius 3 is 2.39 bits per heavy atom. The molecule has 12 heteroatoms. The van der Waals surface area contributed by atoms with E-state index in [1.165, 1.54) is 0 Å². The number of aliphatic hydroxyl groups excluding tert-OH is 2. The first kappa shape index (κ1) is 44.6. The number of hydrogen-bond acceptors (Lipinski definition) is 10. The predicted molar refractivity (Wildman–Crippen MR) is 189 cm³/mol. The van der Waals surface area contributed by atoms with Crippen LogP contribution in [0.25, 0.3) is 0 Å². The second-order valence-corrected chi connectivity index (χ2v) is 13.0. The van der Waals surface area contributed by atoms with Crippen molar-refractivity contribution in [2.24, 2.45) is 5.92 Å². The van der Waals surface area contributed by atoms with Gasteiger partial charge in [-0.3, -0.25) is 9.59 Å². The van der Waals surface area contributed by atoms with E-state index in [0.717, 1.165) is 70.5 Å². The summed E-state index contributed by atoms with van der Waals surface area (Å²) in [5.41, 5.74) is 1.05. The number of aldehydes is 1. The van der Waals surface area contributed by atoms with E-state index in [1.54, 1.807) is 19.1 Å². The summed E-state index contributed by atoms with van der Waals surface area (Å²) in [6.07, 6.45) is 17.0. The van der Waals surface area contributed by atoms with Gasteiger partial charge in [-0.1, -0.05) is 36.8 Å². The standard InChI is InChI=1S/C32H50N2O7.C4H10O2.CH4O/c1-23(8-11-27-19-32(21-39-32)20-28(41-27)14-16-35)9-12-30-24(2)18-29(26(4)40-30)34-31(37)13-10-25(3)38-17-7-5-6-15-33-22-36;1-3-6-4(2)5;1-2/h8-11,13,16,22,24-30H,5-7,12,14-15,17-21H2,1-4H3,(H,33,36)(H,34,37);4-5H,3H2,1-2H3;2H,1H3/b11-8+,13-10-,23-9+;;/t24?,25?,26?,27?,28-,29?,30?,32?;;/m1../s1. The highest BCUT2D eigenvalue weighted by Crippen LogP contribution is 2.43. The quantitative estimate of drug-likeness (QED) is 0.0389. The molecule has 0 aromatic carbocycles. The highest BCUT2D eigenvalue weighted by Gasteiger charge is 2.51. The van der Waals surface area contributed by atoms with Crippen molar-refractivity contribution in [3.05, 3.63) is 36.0 Å². The first-order valence-corrected chi connectivity index (χ1v) is 17.8. The van der Waals surface area contributed by atoms with Crippen molar-refractivity contribution >= 4 is 18.6 Å². The van der Waals surface area contributed by atoms with E-state index >= 15 is 0 Å².